The molecule has 0 atom stereocenters. The first-order valence-electron chi connectivity index (χ1n) is 7.09. The predicted octanol–water partition coefficient (Wildman–Crippen LogP) is 2.09. The van der Waals surface area contributed by atoms with E-state index in [0.717, 1.165) is 0 Å². The number of carbonyl (C=O) groups is 1. The molecule has 1 aromatic carbocycles. The molecule has 0 aliphatic heterocycles. The fourth-order valence-corrected chi connectivity index (χ4v) is 2.03. The Morgan fingerprint density at radius 1 is 1.13 bits per heavy atom. The molecule has 0 spiro atoms. The quantitative estimate of drug-likeness (QED) is 0.913. The zero-order valence-electron chi connectivity index (χ0n) is 13.5. The standard InChI is InChI=1S/C16H19N3O4/c1-10(2)19-15(20)8-6-12(18-19)16(21)17-11-5-7-13(22-3)14(9-11)23-4/h5-10H,1-4H3,(H,17,21). The number of nitrogens with one attached hydrogen (secondary N) is 1. The number of benzene rings is 1. The zero-order chi connectivity index (χ0) is 17.0. The van der Waals surface area contributed by atoms with Crippen molar-refractivity contribution >= 4 is 11.6 Å². The molecule has 1 N–H and O–H groups in total. The van der Waals surface area contributed by atoms with Gasteiger partial charge in [-0.05, 0) is 32.0 Å². The maximum absolute atomic E-state index is 12.3. The Balaban J connectivity index is 2.26. The van der Waals surface area contributed by atoms with Gasteiger partial charge in [0.1, 0.15) is 5.69 Å². The summed E-state index contributed by atoms with van der Waals surface area (Å²) in [6, 6.07) is 7.63. The maximum atomic E-state index is 12.3. The third-order valence-corrected chi connectivity index (χ3v) is 3.19. The first-order chi connectivity index (χ1) is 11.0. The molecule has 2 aromatic rings. The lowest BCUT2D eigenvalue weighted by molar-refractivity contribution is 0.101. The smallest absolute Gasteiger partial charge is 0.276 e. The molecule has 23 heavy (non-hydrogen) atoms. The molecule has 0 aliphatic rings. The molecule has 0 aliphatic carbocycles. The van der Waals surface area contributed by atoms with E-state index < -0.39 is 5.91 Å². The van der Waals surface area contributed by atoms with Crippen LogP contribution in [0.3, 0.4) is 0 Å². The van der Waals surface area contributed by atoms with Crippen molar-refractivity contribution in [2.45, 2.75) is 19.9 Å². The fourth-order valence-electron chi connectivity index (χ4n) is 2.03. The summed E-state index contributed by atoms with van der Waals surface area (Å²) < 4.78 is 11.6. The topological polar surface area (TPSA) is 82.5 Å². The van der Waals surface area contributed by atoms with Crippen LogP contribution in [0.4, 0.5) is 5.69 Å². The molecule has 2 rings (SSSR count). The number of amides is 1. The predicted molar refractivity (Wildman–Crippen MR) is 86.4 cm³/mol. The Hall–Kier alpha value is -2.83. The molecular weight excluding hydrogens is 298 g/mol. The van der Waals surface area contributed by atoms with E-state index in [2.05, 4.69) is 10.4 Å². The number of aromatic nitrogens is 2. The van der Waals surface area contributed by atoms with Crippen LogP contribution in [0.1, 0.15) is 30.4 Å². The highest BCUT2D eigenvalue weighted by atomic mass is 16.5. The summed E-state index contributed by atoms with van der Waals surface area (Å²) in [5, 5.41) is 6.80. The molecule has 0 saturated carbocycles. The minimum Gasteiger partial charge on any atom is -0.493 e. The molecule has 1 amide bonds. The van der Waals surface area contributed by atoms with Gasteiger partial charge in [-0.25, -0.2) is 4.68 Å². The second kappa shape index (κ2) is 6.95. The molecular formula is C16H19N3O4. The van der Waals surface area contributed by atoms with Gasteiger partial charge in [0, 0.05) is 17.8 Å². The number of hydrogen-bond acceptors (Lipinski definition) is 5. The summed E-state index contributed by atoms with van der Waals surface area (Å²) in [7, 11) is 3.05. The molecule has 122 valence electrons. The molecule has 0 saturated heterocycles. The summed E-state index contributed by atoms with van der Waals surface area (Å²) in [6.07, 6.45) is 0. The number of methoxy groups -OCH3 is 2. The van der Waals surface area contributed by atoms with Crippen molar-refractivity contribution in [3.8, 4) is 11.5 Å². The number of carbonyl (C=O) groups excluding carboxylic acids is 1. The first-order valence-corrected chi connectivity index (χ1v) is 7.09. The average Bonchev–Trinajstić information content (AvgIpc) is 2.54. The minimum atomic E-state index is -0.411. The van der Waals surface area contributed by atoms with Gasteiger partial charge in [0.2, 0.25) is 0 Å². The Kier molecular flexibility index (Phi) is 5.00. The van der Waals surface area contributed by atoms with E-state index in [0.29, 0.717) is 17.2 Å². The van der Waals surface area contributed by atoms with Crippen LogP contribution >= 0.6 is 0 Å². The second-order valence-electron chi connectivity index (χ2n) is 5.12. The molecule has 0 unspecified atom stereocenters. The van der Waals surface area contributed by atoms with Crippen LogP contribution in [0.2, 0.25) is 0 Å². The molecule has 7 nitrogen and oxygen atoms in total. The number of rotatable bonds is 5. The first kappa shape index (κ1) is 16.5. The van der Waals surface area contributed by atoms with Gasteiger partial charge in [0.25, 0.3) is 11.5 Å². The van der Waals surface area contributed by atoms with E-state index in [9.17, 15) is 9.59 Å². The molecule has 0 radical (unpaired) electrons. The van der Waals surface area contributed by atoms with Crippen LogP contribution in [-0.4, -0.2) is 29.9 Å². The van der Waals surface area contributed by atoms with Crippen LogP contribution in [-0.2, 0) is 0 Å². The van der Waals surface area contributed by atoms with Gasteiger partial charge in [0.05, 0.1) is 20.3 Å². The number of anilines is 1. The van der Waals surface area contributed by atoms with E-state index in [4.69, 9.17) is 9.47 Å². The van der Waals surface area contributed by atoms with Gasteiger partial charge in [-0.1, -0.05) is 0 Å². The normalized spacial score (nSPS) is 10.5. The highest BCUT2D eigenvalue weighted by Crippen LogP contribution is 2.29. The van der Waals surface area contributed by atoms with Crippen LogP contribution in [0.15, 0.2) is 35.1 Å². The van der Waals surface area contributed by atoms with Crippen molar-refractivity contribution < 1.29 is 14.3 Å². The van der Waals surface area contributed by atoms with Gasteiger partial charge in [0.15, 0.2) is 11.5 Å². The van der Waals surface area contributed by atoms with Crippen LogP contribution in [0, 0.1) is 0 Å². The second-order valence-corrected chi connectivity index (χ2v) is 5.12. The molecule has 7 heteroatoms. The number of nitrogens with zero attached hydrogens (tertiary/aromatic N) is 2. The van der Waals surface area contributed by atoms with E-state index in [1.807, 2.05) is 13.8 Å². The lowest BCUT2D eigenvalue weighted by atomic mass is 10.2. The van der Waals surface area contributed by atoms with Crippen LogP contribution in [0.25, 0.3) is 0 Å². The summed E-state index contributed by atoms with van der Waals surface area (Å²) in [5.74, 6) is 0.661. The monoisotopic (exact) mass is 317 g/mol. The van der Waals surface area contributed by atoms with Gasteiger partial charge in [-0.3, -0.25) is 9.59 Å². The molecule has 1 aromatic heterocycles. The molecule has 1 heterocycles. The molecule has 0 fully saturated rings. The fraction of sp³-hybridized carbons (Fsp3) is 0.312. The zero-order valence-corrected chi connectivity index (χ0v) is 13.5. The van der Waals surface area contributed by atoms with Crippen molar-refractivity contribution in [2.75, 3.05) is 19.5 Å². The number of hydrogen-bond donors (Lipinski definition) is 1. The van der Waals surface area contributed by atoms with E-state index >= 15 is 0 Å². The van der Waals surface area contributed by atoms with E-state index in [1.54, 1.807) is 18.2 Å². The summed E-state index contributed by atoms with van der Waals surface area (Å²) >= 11 is 0. The summed E-state index contributed by atoms with van der Waals surface area (Å²) in [4.78, 5) is 24.0. The SMILES string of the molecule is COc1ccc(NC(=O)c2ccc(=O)n(C(C)C)n2)cc1OC. The lowest BCUT2D eigenvalue weighted by Crippen LogP contribution is -2.27. The van der Waals surface area contributed by atoms with Crippen molar-refractivity contribution in [3.63, 3.8) is 0 Å². The van der Waals surface area contributed by atoms with Gasteiger partial charge < -0.3 is 14.8 Å². The Bertz CT molecular complexity index is 768. The third-order valence-electron chi connectivity index (χ3n) is 3.19. The highest BCUT2D eigenvalue weighted by Gasteiger charge is 2.13. The third kappa shape index (κ3) is 3.68. The van der Waals surface area contributed by atoms with Gasteiger partial charge >= 0.3 is 0 Å². The summed E-state index contributed by atoms with van der Waals surface area (Å²) in [6.45, 7) is 3.65. The van der Waals surface area contributed by atoms with Crippen molar-refractivity contribution in [2.24, 2.45) is 0 Å². The van der Waals surface area contributed by atoms with Crippen LogP contribution < -0.4 is 20.3 Å². The Morgan fingerprint density at radius 3 is 2.43 bits per heavy atom. The van der Waals surface area contributed by atoms with Crippen molar-refractivity contribution in [1.82, 2.24) is 9.78 Å². The minimum absolute atomic E-state index is 0.128. The van der Waals surface area contributed by atoms with Gasteiger partial charge in [-0.15, -0.1) is 0 Å². The van der Waals surface area contributed by atoms with Gasteiger partial charge in [-0.2, -0.15) is 5.10 Å². The number of ether oxygens (including phenoxy) is 2. The largest absolute Gasteiger partial charge is 0.493 e. The Morgan fingerprint density at radius 2 is 1.83 bits per heavy atom. The Labute approximate surface area is 133 Å². The van der Waals surface area contributed by atoms with E-state index in [-0.39, 0.29) is 17.3 Å². The maximum Gasteiger partial charge on any atom is 0.276 e. The van der Waals surface area contributed by atoms with E-state index in [1.165, 1.54) is 31.0 Å². The molecule has 0 bridgehead atoms. The summed E-state index contributed by atoms with van der Waals surface area (Å²) in [5.41, 5.74) is 0.451. The van der Waals surface area contributed by atoms with Crippen molar-refractivity contribution in [3.05, 3.63) is 46.4 Å². The van der Waals surface area contributed by atoms with Crippen LogP contribution in [0.5, 0.6) is 11.5 Å². The highest BCUT2D eigenvalue weighted by molar-refractivity contribution is 6.02. The van der Waals surface area contributed by atoms with Crippen molar-refractivity contribution in [1.29, 1.82) is 0 Å². The lowest BCUT2D eigenvalue weighted by Gasteiger charge is -2.12. The average molecular weight is 317 g/mol.